The number of anilines is 2. The number of furan rings is 1. The van der Waals surface area contributed by atoms with Gasteiger partial charge in [-0.3, -0.25) is 9.59 Å². The van der Waals surface area contributed by atoms with Gasteiger partial charge in [0.05, 0.1) is 12.0 Å². The largest absolute Gasteiger partial charge is 0.459 e. The van der Waals surface area contributed by atoms with Crippen LogP contribution in [0.4, 0.5) is 10.8 Å². The second-order valence-electron chi connectivity index (χ2n) is 6.65. The van der Waals surface area contributed by atoms with Gasteiger partial charge in [-0.1, -0.05) is 30.3 Å². The number of amides is 2. The molecule has 1 unspecified atom stereocenters. The Labute approximate surface area is 187 Å². The molecule has 4 aromatic rings. The van der Waals surface area contributed by atoms with Crippen molar-refractivity contribution < 1.29 is 14.0 Å². The number of carbonyl (C=O) groups excluding carboxylic acids is 2. The van der Waals surface area contributed by atoms with E-state index >= 15 is 0 Å². The lowest BCUT2D eigenvalue weighted by molar-refractivity contribution is -0.115. The third-order valence-electron chi connectivity index (χ3n) is 4.30. The maximum Gasteiger partial charge on any atom is 0.291 e. The van der Waals surface area contributed by atoms with Crippen molar-refractivity contribution >= 4 is 45.7 Å². The molecule has 6 nitrogen and oxygen atoms in total. The van der Waals surface area contributed by atoms with Gasteiger partial charge in [0.25, 0.3) is 5.91 Å². The second-order valence-corrected chi connectivity index (χ2v) is 8.68. The van der Waals surface area contributed by atoms with Gasteiger partial charge in [0.15, 0.2) is 10.9 Å². The van der Waals surface area contributed by atoms with E-state index in [9.17, 15) is 9.59 Å². The highest BCUT2D eigenvalue weighted by Crippen LogP contribution is 2.37. The maximum atomic E-state index is 13.0. The molecule has 0 saturated heterocycles. The number of benzene rings is 2. The summed E-state index contributed by atoms with van der Waals surface area (Å²) in [4.78, 5) is 30.4. The van der Waals surface area contributed by atoms with Gasteiger partial charge in [0, 0.05) is 16.0 Å². The zero-order valence-electron chi connectivity index (χ0n) is 16.6. The molecular formula is C23H19N3O3S2. The minimum absolute atomic E-state index is 0.138. The van der Waals surface area contributed by atoms with Crippen LogP contribution in [0.2, 0.25) is 0 Å². The van der Waals surface area contributed by atoms with Crippen LogP contribution in [0.3, 0.4) is 0 Å². The fourth-order valence-electron chi connectivity index (χ4n) is 2.84. The summed E-state index contributed by atoms with van der Waals surface area (Å²) in [6.45, 7) is 1.89. The van der Waals surface area contributed by atoms with Crippen molar-refractivity contribution in [2.45, 2.75) is 17.1 Å². The number of aryl methyl sites for hydroxylation is 1. The Bertz CT molecular complexity index is 1160. The van der Waals surface area contributed by atoms with E-state index in [1.807, 2.05) is 54.8 Å². The zero-order valence-corrected chi connectivity index (χ0v) is 18.2. The fourth-order valence-corrected chi connectivity index (χ4v) is 4.55. The number of aromatic nitrogens is 1. The summed E-state index contributed by atoms with van der Waals surface area (Å²) in [7, 11) is 0. The summed E-state index contributed by atoms with van der Waals surface area (Å²) < 4.78 is 5.10. The molecule has 2 aromatic heterocycles. The van der Waals surface area contributed by atoms with Crippen LogP contribution < -0.4 is 10.6 Å². The van der Waals surface area contributed by atoms with E-state index < -0.39 is 5.25 Å². The molecule has 1 atom stereocenters. The van der Waals surface area contributed by atoms with Crippen LogP contribution in [0.5, 0.6) is 0 Å². The molecule has 0 aliphatic carbocycles. The van der Waals surface area contributed by atoms with Gasteiger partial charge in [-0.05, 0) is 48.9 Å². The van der Waals surface area contributed by atoms with Crippen molar-refractivity contribution in [3.8, 4) is 0 Å². The predicted molar refractivity (Wildman–Crippen MR) is 124 cm³/mol. The Morgan fingerprint density at radius 1 is 1.00 bits per heavy atom. The molecule has 156 valence electrons. The summed E-state index contributed by atoms with van der Waals surface area (Å²) in [5.74, 6) is -0.205. The quantitative estimate of drug-likeness (QED) is 0.350. The van der Waals surface area contributed by atoms with E-state index in [2.05, 4.69) is 15.6 Å². The lowest BCUT2D eigenvalue weighted by Crippen LogP contribution is -2.19. The average Bonchev–Trinajstić information content (AvgIpc) is 3.46. The predicted octanol–water partition coefficient (Wildman–Crippen LogP) is 5.77. The van der Waals surface area contributed by atoms with Gasteiger partial charge in [-0.2, -0.15) is 0 Å². The zero-order chi connectivity index (χ0) is 21.6. The van der Waals surface area contributed by atoms with Crippen LogP contribution in [0.1, 0.15) is 27.1 Å². The maximum absolute atomic E-state index is 13.0. The van der Waals surface area contributed by atoms with Gasteiger partial charge >= 0.3 is 0 Å². The molecule has 0 aliphatic heterocycles. The first-order chi connectivity index (χ1) is 15.1. The van der Waals surface area contributed by atoms with Crippen molar-refractivity contribution in [2.24, 2.45) is 0 Å². The Kier molecular flexibility index (Phi) is 6.49. The number of thiazole rings is 1. The molecule has 2 aromatic carbocycles. The molecule has 31 heavy (non-hydrogen) atoms. The van der Waals surface area contributed by atoms with E-state index in [0.717, 1.165) is 16.2 Å². The van der Waals surface area contributed by atoms with Gasteiger partial charge < -0.3 is 15.1 Å². The van der Waals surface area contributed by atoms with Crippen molar-refractivity contribution in [3.05, 3.63) is 95.4 Å². The second kappa shape index (κ2) is 9.63. The van der Waals surface area contributed by atoms with E-state index in [4.69, 9.17) is 4.42 Å². The first-order valence-corrected chi connectivity index (χ1v) is 11.2. The summed E-state index contributed by atoms with van der Waals surface area (Å²) in [6, 6.07) is 20.2. The first kappa shape index (κ1) is 20.9. The van der Waals surface area contributed by atoms with Crippen LogP contribution in [0.25, 0.3) is 0 Å². The monoisotopic (exact) mass is 449 g/mol. The molecule has 8 heteroatoms. The number of nitrogens with zero attached hydrogens (tertiary/aromatic N) is 1. The summed E-state index contributed by atoms with van der Waals surface area (Å²) in [5.41, 5.74) is 2.41. The lowest BCUT2D eigenvalue weighted by atomic mass is 10.1. The summed E-state index contributed by atoms with van der Waals surface area (Å²) >= 11 is 2.84. The number of hydrogen-bond acceptors (Lipinski definition) is 6. The van der Waals surface area contributed by atoms with Gasteiger partial charge in [0.2, 0.25) is 5.91 Å². The summed E-state index contributed by atoms with van der Waals surface area (Å²) in [6.07, 6.45) is 1.45. The minimum Gasteiger partial charge on any atom is -0.459 e. The molecule has 0 aliphatic rings. The molecule has 0 bridgehead atoms. The number of carbonyl (C=O) groups is 2. The highest BCUT2D eigenvalue weighted by molar-refractivity contribution is 8.00. The Morgan fingerprint density at radius 2 is 1.77 bits per heavy atom. The number of thioether (sulfide) groups is 1. The molecule has 2 amide bonds. The number of rotatable bonds is 7. The van der Waals surface area contributed by atoms with Gasteiger partial charge in [-0.15, -0.1) is 23.1 Å². The first-order valence-electron chi connectivity index (χ1n) is 9.48. The van der Waals surface area contributed by atoms with Gasteiger partial charge in [-0.25, -0.2) is 4.98 Å². The third-order valence-corrected chi connectivity index (χ3v) is 6.44. The normalized spacial score (nSPS) is 11.6. The molecule has 2 N–H and O–H groups in total. The van der Waals surface area contributed by atoms with Crippen LogP contribution >= 0.6 is 23.1 Å². The van der Waals surface area contributed by atoms with E-state index in [-0.39, 0.29) is 17.6 Å². The fraction of sp³-hybridized carbons (Fsp3) is 0.0870. The Morgan fingerprint density at radius 3 is 2.42 bits per heavy atom. The van der Waals surface area contributed by atoms with Crippen molar-refractivity contribution in [3.63, 3.8) is 0 Å². The van der Waals surface area contributed by atoms with Crippen molar-refractivity contribution in [1.29, 1.82) is 0 Å². The molecular weight excluding hydrogens is 430 g/mol. The molecule has 0 saturated carbocycles. The smallest absolute Gasteiger partial charge is 0.291 e. The average molecular weight is 450 g/mol. The Hall–Kier alpha value is -3.36. The summed E-state index contributed by atoms with van der Waals surface area (Å²) in [5, 5.41) is 7.73. The lowest BCUT2D eigenvalue weighted by Gasteiger charge is -2.16. The van der Waals surface area contributed by atoms with Crippen LogP contribution in [-0.2, 0) is 4.79 Å². The van der Waals surface area contributed by atoms with E-state index in [0.29, 0.717) is 10.8 Å². The van der Waals surface area contributed by atoms with Gasteiger partial charge in [0.1, 0.15) is 5.25 Å². The third kappa shape index (κ3) is 5.42. The molecule has 0 spiro atoms. The SMILES string of the molecule is Cc1csc(NC(=O)C(Sc2ccc(NC(=O)c3ccco3)cc2)c2ccccc2)n1. The minimum atomic E-state index is -0.450. The highest BCUT2D eigenvalue weighted by Gasteiger charge is 2.23. The van der Waals surface area contributed by atoms with E-state index in [1.165, 1.54) is 29.4 Å². The standard InChI is InChI=1S/C23H19N3O3S2/c1-15-14-30-23(24-15)26-22(28)20(16-6-3-2-4-7-16)31-18-11-9-17(10-12-18)25-21(27)19-8-5-13-29-19/h2-14,20H,1H3,(H,25,27)(H,24,26,28). The van der Waals surface area contributed by atoms with E-state index in [1.54, 1.807) is 24.3 Å². The van der Waals surface area contributed by atoms with Crippen LogP contribution in [-0.4, -0.2) is 16.8 Å². The van der Waals surface area contributed by atoms with Crippen molar-refractivity contribution in [1.82, 2.24) is 4.98 Å². The van der Waals surface area contributed by atoms with Crippen molar-refractivity contribution in [2.75, 3.05) is 10.6 Å². The highest BCUT2D eigenvalue weighted by atomic mass is 32.2. The molecule has 2 heterocycles. The number of nitrogens with one attached hydrogen (secondary N) is 2. The van der Waals surface area contributed by atoms with Crippen LogP contribution in [0.15, 0.2) is 87.7 Å². The topological polar surface area (TPSA) is 84.2 Å². The molecule has 4 rings (SSSR count). The molecule has 0 fully saturated rings. The molecule has 0 radical (unpaired) electrons. The van der Waals surface area contributed by atoms with Crippen LogP contribution in [0, 0.1) is 6.92 Å². The Balaban J connectivity index is 1.48. The number of hydrogen-bond donors (Lipinski definition) is 2.